The molecule has 2 fully saturated rings. The lowest BCUT2D eigenvalue weighted by atomic mass is 9.79. The van der Waals surface area contributed by atoms with E-state index in [1.54, 1.807) is 0 Å². The number of aliphatic hydroxyl groups excluding tert-OH is 1. The molecule has 0 radical (unpaired) electrons. The maximum atomic E-state index is 12.3. The number of benzene rings is 1. The Morgan fingerprint density at radius 2 is 1.61 bits per heavy atom. The molecule has 0 saturated heterocycles. The maximum absolute atomic E-state index is 12.3. The van der Waals surface area contributed by atoms with E-state index >= 15 is 0 Å². The van der Waals surface area contributed by atoms with Gasteiger partial charge >= 0.3 is 0 Å². The highest BCUT2D eigenvalue weighted by Crippen LogP contribution is 2.35. The van der Waals surface area contributed by atoms with E-state index in [4.69, 9.17) is 0 Å². The van der Waals surface area contributed by atoms with Crippen molar-refractivity contribution in [3.05, 3.63) is 35.4 Å². The molecule has 3 nitrogen and oxygen atoms in total. The summed E-state index contributed by atoms with van der Waals surface area (Å²) in [5.74, 6) is 1.16. The molecule has 0 bridgehead atoms. The third-order valence-corrected chi connectivity index (χ3v) is 5.69. The monoisotopic (exact) mass is 315 g/mol. The van der Waals surface area contributed by atoms with Crippen LogP contribution in [0.1, 0.15) is 79.6 Å². The SMILES string of the molecule is O=C(NC1CCCCC1)c1ccc(C2CCC(CO)CC2)cc1. The van der Waals surface area contributed by atoms with E-state index in [-0.39, 0.29) is 5.91 Å². The van der Waals surface area contributed by atoms with E-state index in [0.29, 0.717) is 24.5 Å². The fourth-order valence-corrected chi connectivity index (χ4v) is 4.10. The van der Waals surface area contributed by atoms with Crippen LogP contribution >= 0.6 is 0 Å². The van der Waals surface area contributed by atoms with Gasteiger partial charge in [0, 0.05) is 18.2 Å². The predicted octanol–water partition coefficient (Wildman–Crippen LogP) is 4.02. The fraction of sp³-hybridized carbons (Fsp3) is 0.650. The van der Waals surface area contributed by atoms with Crippen LogP contribution in [0, 0.1) is 5.92 Å². The average molecular weight is 315 g/mol. The second kappa shape index (κ2) is 7.96. The smallest absolute Gasteiger partial charge is 0.251 e. The van der Waals surface area contributed by atoms with E-state index in [2.05, 4.69) is 17.4 Å². The van der Waals surface area contributed by atoms with Gasteiger partial charge in [-0.25, -0.2) is 0 Å². The largest absolute Gasteiger partial charge is 0.396 e. The molecule has 23 heavy (non-hydrogen) atoms. The Morgan fingerprint density at radius 1 is 0.957 bits per heavy atom. The quantitative estimate of drug-likeness (QED) is 0.882. The molecule has 0 unspecified atom stereocenters. The molecule has 2 aliphatic rings. The average Bonchev–Trinajstić information content (AvgIpc) is 2.63. The summed E-state index contributed by atoms with van der Waals surface area (Å²) in [6.07, 6.45) is 10.6. The van der Waals surface area contributed by atoms with E-state index in [1.807, 2.05) is 12.1 Å². The zero-order chi connectivity index (χ0) is 16.1. The van der Waals surface area contributed by atoms with Crippen LogP contribution < -0.4 is 5.32 Å². The number of carbonyl (C=O) groups is 1. The normalized spacial score (nSPS) is 26.0. The van der Waals surface area contributed by atoms with Gasteiger partial charge in [-0.1, -0.05) is 31.4 Å². The molecular formula is C20H29NO2. The molecule has 2 N–H and O–H groups in total. The molecule has 2 aliphatic carbocycles. The van der Waals surface area contributed by atoms with Gasteiger partial charge in [0.05, 0.1) is 0 Å². The van der Waals surface area contributed by atoms with Crippen LogP contribution in [0.25, 0.3) is 0 Å². The summed E-state index contributed by atoms with van der Waals surface area (Å²) in [6.45, 7) is 0.326. The first-order valence-corrected chi connectivity index (χ1v) is 9.28. The van der Waals surface area contributed by atoms with Gasteiger partial charge in [0.25, 0.3) is 5.91 Å². The minimum atomic E-state index is 0.0763. The van der Waals surface area contributed by atoms with Crippen molar-refractivity contribution in [1.29, 1.82) is 0 Å². The van der Waals surface area contributed by atoms with Crippen LogP contribution in [0.5, 0.6) is 0 Å². The van der Waals surface area contributed by atoms with Crippen molar-refractivity contribution in [1.82, 2.24) is 5.32 Å². The molecular weight excluding hydrogens is 286 g/mol. The minimum Gasteiger partial charge on any atom is -0.396 e. The summed E-state index contributed by atoms with van der Waals surface area (Å²) < 4.78 is 0. The number of amides is 1. The van der Waals surface area contributed by atoms with Gasteiger partial charge in [-0.2, -0.15) is 0 Å². The third kappa shape index (κ3) is 4.35. The van der Waals surface area contributed by atoms with Gasteiger partial charge in [-0.15, -0.1) is 0 Å². The Morgan fingerprint density at radius 3 is 2.22 bits per heavy atom. The van der Waals surface area contributed by atoms with Gasteiger partial charge in [-0.3, -0.25) is 4.79 Å². The van der Waals surface area contributed by atoms with Gasteiger partial charge in [0.15, 0.2) is 0 Å². The van der Waals surface area contributed by atoms with Crippen molar-refractivity contribution >= 4 is 5.91 Å². The third-order valence-electron chi connectivity index (χ3n) is 5.69. The molecule has 2 saturated carbocycles. The lowest BCUT2D eigenvalue weighted by Crippen LogP contribution is -2.36. The molecule has 0 heterocycles. The molecule has 0 spiro atoms. The topological polar surface area (TPSA) is 49.3 Å². The number of aliphatic hydroxyl groups is 1. The first-order valence-electron chi connectivity index (χ1n) is 9.28. The van der Waals surface area contributed by atoms with Gasteiger partial charge in [0.1, 0.15) is 0 Å². The summed E-state index contributed by atoms with van der Waals surface area (Å²) in [7, 11) is 0. The summed E-state index contributed by atoms with van der Waals surface area (Å²) in [5, 5.41) is 12.4. The summed E-state index contributed by atoms with van der Waals surface area (Å²) in [6, 6.07) is 8.57. The fourth-order valence-electron chi connectivity index (χ4n) is 4.10. The number of hydrogen-bond donors (Lipinski definition) is 2. The number of hydrogen-bond acceptors (Lipinski definition) is 2. The molecule has 3 rings (SSSR count). The zero-order valence-corrected chi connectivity index (χ0v) is 14.0. The molecule has 0 aliphatic heterocycles. The molecule has 0 aromatic heterocycles. The lowest BCUT2D eigenvalue weighted by molar-refractivity contribution is 0.0927. The van der Waals surface area contributed by atoms with Crippen LogP contribution in [0.15, 0.2) is 24.3 Å². The molecule has 126 valence electrons. The molecule has 1 aromatic rings. The van der Waals surface area contributed by atoms with Crippen molar-refractivity contribution in [2.24, 2.45) is 5.92 Å². The van der Waals surface area contributed by atoms with Gasteiger partial charge < -0.3 is 10.4 Å². The zero-order valence-electron chi connectivity index (χ0n) is 14.0. The standard InChI is InChI=1S/C20H29NO2/c22-14-15-6-8-16(9-7-15)17-10-12-18(13-11-17)20(23)21-19-4-2-1-3-5-19/h10-13,15-16,19,22H,1-9,14H2,(H,21,23). The second-order valence-electron chi connectivity index (χ2n) is 7.33. The van der Waals surface area contributed by atoms with Gasteiger partial charge in [-0.05, 0) is 68.1 Å². The van der Waals surface area contributed by atoms with Crippen molar-refractivity contribution < 1.29 is 9.90 Å². The van der Waals surface area contributed by atoms with E-state index in [1.165, 1.54) is 24.8 Å². The van der Waals surface area contributed by atoms with Gasteiger partial charge in [0.2, 0.25) is 0 Å². The highest BCUT2D eigenvalue weighted by molar-refractivity contribution is 5.94. The maximum Gasteiger partial charge on any atom is 0.251 e. The first kappa shape index (κ1) is 16.5. The molecule has 3 heteroatoms. The summed E-state index contributed by atoms with van der Waals surface area (Å²) >= 11 is 0. The molecule has 1 amide bonds. The lowest BCUT2D eigenvalue weighted by Gasteiger charge is -2.27. The van der Waals surface area contributed by atoms with Crippen LogP contribution in [0.4, 0.5) is 0 Å². The second-order valence-corrected chi connectivity index (χ2v) is 7.33. The van der Waals surface area contributed by atoms with Crippen LogP contribution in [-0.2, 0) is 0 Å². The van der Waals surface area contributed by atoms with Crippen LogP contribution in [0.2, 0.25) is 0 Å². The highest BCUT2D eigenvalue weighted by Gasteiger charge is 2.22. The Bertz CT molecular complexity index is 497. The van der Waals surface area contributed by atoms with Crippen LogP contribution in [-0.4, -0.2) is 23.7 Å². The highest BCUT2D eigenvalue weighted by atomic mass is 16.3. The van der Waals surface area contributed by atoms with Crippen molar-refractivity contribution in [3.8, 4) is 0 Å². The molecule has 1 aromatic carbocycles. The summed E-state index contributed by atoms with van der Waals surface area (Å²) in [4.78, 5) is 12.3. The van der Waals surface area contributed by atoms with E-state index < -0.39 is 0 Å². The Labute approximate surface area is 139 Å². The van der Waals surface area contributed by atoms with Crippen molar-refractivity contribution in [2.75, 3.05) is 6.61 Å². The van der Waals surface area contributed by atoms with E-state index in [9.17, 15) is 9.90 Å². The Kier molecular flexibility index (Phi) is 5.71. The van der Waals surface area contributed by atoms with E-state index in [0.717, 1.165) is 44.1 Å². The Hall–Kier alpha value is -1.35. The predicted molar refractivity (Wildman–Crippen MR) is 92.6 cm³/mol. The number of rotatable bonds is 4. The summed E-state index contributed by atoms with van der Waals surface area (Å²) in [5.41, 5.74) is 2.12. The number of nitrogens with one attached hydrogen (secondary N) is 1. The minimum absolute atomic E-state index is 0.0763. The van der Waals surface area contributed by atoms with Crippen LogP contribution in [0.3, 0.4) is 0 Å². The first-order chi connectivity index (χ1) is 11.3. The Balaban J connectivity index is 1.55. The number of carbonyl (C=O) groups excluding carboxylic acids is 1. The van der Waals surface area contributed by atoms with Crippen molar-refractivity contribution in [3.63, 3.8) is 0 Å². The molecule has 0 atom stereocenters. The van der Waals surface area contributed by atoms with Crippen molar-refractivity contribution in [2.45, 2.75) is 69.7 Å².